The summed E-state index contributed by atoms with van der Waals surface area (Å²) in [5, 5.41) is 4.90. The Labute approximate surface area is 114 Å². The number of fused-ring (bicyclic) bond motifs is 1. The molecular weight excluding hydrogens is 296 g/mol. The third kappa shape index (κ3) is 1.92. The van der Waals surface area contributed by atoms with E-state index in [2.05, 4.69) is 46.4 Å². The minimum Gasteiger partial charge on any atom is -0.305 e. The lowest BCUT2D eigenvalue weighted by Crippen LogP contribution is -2.35. The van der Waals surface area contributed by atoms with E-state index < -0.39 is 0 Å². The molecule has 0 bridgehead atoms. The summed E-state index contributed by atoms with van der Waals surface area (Å²) in [5.74, 6) is 0. The summed E-state index contributed by atoms with van der Waals surface area (Å²) < 4.78 is 2.40. The van der Waals surface area contributed by atoms with Crippen molar-refractivity contribution in [1.29, 1.82) is 0 Å². The third-order valence-electron chi connectivity index (χ3n) is 3.61. The number of aromatic nitrogens is 1. The van der Waals surface area contributed by atoms with Crippen molar-refractivity contribution >= 4 is 37.5 Å². The van der Waals surface area contributed by atoms with Crippen LogP contribution in [0.5, 0.6) is 0 Å². The highest BCUT2D eigenvalue weighted by Gasteiger charge is 2.36. The average molecular weight is 311 g/mol. The van der Waals surface area contributed by atoms with Gasteiger partial charge in [-0.15, -0.1) is 11.3 Å². The molecule has 2 heterocycles. The molecular formula is C13H15BrN2S. The number of thiazole rings is 1. The number of hydrogen-bond donors (Lipinski definition) is 1. The summed E-state index contributed by atoms with van der Waals surface area (Å²) in [4.78, 5) is 4.81. The molecule has 1 aliphatic heterocycles. The van der Waals surface area contributed by atoms with E-state index in [0.29, 0.717) is 0 Å². The van der Waals surface area contributed by atoms with Gasteiger partial charge < -0.3 is 5.32 Å². The van der Waals surface area contributed by atoms with E-state index in [1.807, 2.05) is 11.3 Å². The van der Waals surface area contributed by atoms with Crippen LogP contribution < -0.4 is 5.32 Å². The minimum absolute atomic E-state index is 0.135. The molecule has 17 heavy (non-hydrogen) atoms. The van der Waals surface area contributed by atoms with Gasteiger partial charge in [-0.3, -0.25) is 0 Å². The molecule has 3 rings (SSSR count). The Morgan fingerprint density at radius 1 is 1.53 bits per heavy atom. The lowest BCUT2D eigenvalue weighted by Gasteiger charge is -2.25. The van der Waals surface area contributed by atoms with Crippen molar-refractivity contribution in [3.63, 3.8) is 0 Å². The molecule has 2 nitrogen and oxygen atoms in total. The van der Waals surface area contributed by atoms with E-state index in [9.17, 15) is 0 Å². The fraction of sp³-hybridized carbons (Fsp3) is 0.462. The van der Waals surface area contributed by atoms with Gasteiger partial charge in [-0.05, 0) is 44.0 Å². The van der Waals surface area contributed by atoms with Gasteiger partial charge >= 0.3 is 0 Å². The Bertz CT molecular complexity index is 543. The molecule has 1 aromatic carbocycles. The van der Waals surface area contributed by atoms with Crippen LogP contribution >= 0.6 is 27.3 Å². The van der Waals surface area contributed by atoms with Crippen molar-refractivity contribution in [2.24, 2.45) is 0 Å². The van der Waals surface area contributed by atoms with Gasteiger partial charge in [-0.25, -0.2) is 4.98 Å². The van der Waals surface area contributed by atoms with Crippen LogP contribution in [-0.2, 0) is 5.54 Å². The molecule has 0 saturated carbocycles. The summed E-state index contributed by atoms with van der Waals surface area (Å²) in [6.07, 6.45) is 3.59. The van der Waals surface area contributed by atoms with Crippen LogP contribution in [0.4, 0.5) is 0 Å². The van der Waals surface area contributed by atoms with Crippen LogP contribution in [-0.4, -0.2) is 11.5 Å². The van der Waals surface area contributed by atoms with E-state index in [1.165, 1.54) is 22.5 Å². The minimum atomic E-state index is 0.135. The van der Waals surface area contributed by atoms with Crippen LogP contribution in [0.15, 0.2) is 22.7 Å². The highest BCUT2D eigenvalue weighted by atomic mass is 79.9. The molecule has 1 aliphatic rings. The SMILES string of the molecule is CCC1(c2nc3ccc(Br)cc3s2)CCCN1. The van der Waals surface area contributed by atoms with E-state index >= 15 is 0 Å². The second-order valence-electron chi connectivity index (χ2n) is 4.60. The molecule has 0 radical (unpaired) electrons. The Morgan fingerprint density at radius 3 is 3.12 bits per heavy atom. The first-order chi connectivity index (χ1) is 8.23. The van der Waals surface area contributed by atoms with E-state index in [0.717, 1.165) is 23.0 Å². The van der Waals surface area contributed by atoms with E-state index in [-0.39, 0.29) is 5.54 Å². The van der Waals surface area contributed by atoms with Gasteiger partial charge in [0.15, 0.2) is 0 Å². The summed E-state index contributed by atoms with van der Waals surface area (Å²) in [7, 11) is 0. The maximum Gasteiger partial charge on any atom is 0.114 e. The normalized spacial score (nSPS) is 24.6. The molecule has 1 unspecified atom stereocenters. The zero-order valence-corrected chi connectivity index (χ0v) is 12.2. The topological polar surface area (TPSA) is 24.9 Å². The van der Waals surface area contributed by atoms with Crippen molar-refractivity contribution in [2.75, 3.05) is 6.54 Å². The summed E-state index contributed by atoms with van der Waals surface area (Å²) in [6.45, 7) is 3.37. The highest BCUT2D eigenvalue weighted by Crippen LogP contribution is 2.38. The van der Waals surface area contributed by atoms with E-state index in [1.54, 1.807) is 0 Å². The van der Waals surface area contributed by atoms with E-state index in [4.69, 9.17) is 4.98 Å². The third-order valence-corrected chi connectivity index (χ3v) is 5.32. The predicted octanol–water partition coefficient (Wildman–Crippen LogP) is 4.05. The van der Waals surface area contributed by atoms with Crippen LogP contribution in [0.2, 0.25) is 0 Å². The largest absolute Gasteiger partial charge is 0.305 e. The van der Waals surface area contributed by atoms with Gasteiger partial charge in [-0.2, -0.15) is 0 Å². The smallest absolute Gasteiger partial charge is 0.114 e. The fourth-order valence-electron chi connectivity index (χ4n) is 2.54. The molecule has 1 saturated heterocycles. The molecule has 1 fully saturated rings. The van der Waals surface area contributed by atoms with Gasteiger partial charge in [0.1, 0.15) is 5.01 Å². The zero-order valence-electron chi connectivity index (χ0n) is 9.79. The van der Waals surface area contributed by atoms with Crippen LogP contribution in [0.3, 0.4) is 0 Å². The number of benzene rings is 1. The number of rotatable bonds is 2. The van der Waals surface area contributed by atoms with Gasteiger partial charge in [0, 0.05) is 4.47 Å². The van der Waals surface area contributed by atoms with Gasteiger partial charge in [-0.1, -0.05) is 22.9 Å². The zero-order chi connectivity index (χ0) is 11.9. The van der Waals surface area contributed by atoms with Crippen LogP contribution in [0.25, 0.3) is 10.2 Å². The maximum absolute atomic E-state index is 4.81. The molecule has 0 aliphatic carbocycles. The number of halogens is 1. The lowest BCUT2D eigenvalue weighted by atomic mass is 9.95. The number of nitrogens with one attached hydrogen (secondary N) is 1. The van der Waals surface area contributed by atoms with Crippen molar-refractivity contribution in [2.45, 2.75) is 31.7 Å². The van der Waals surface area contributed by atoms with Crippen molar-refractivity contribution in [1.82, 2.24) is 10.3 Å². The Morgan fingerprint density at radius 2 is 2.41 bits per heavy atom. The monoisotopic (exact) mass is 310 g/mol. The first kappa shape index (κ1) is 11.6. The summed E-state index contributed by atoms with van der Waals surface area (Å²) in [6, 6.07) is 6.32. The Balaban J connectivity index is 2.11. The lowest BCUT2D eigenvalue weighted by molar-refractivity contribution is 0.375. The average Bonchev–Trinajstić information content (AvgIpc) is 2.94. The van der Waals surface area contributed by atoms with Crippen molar-refractivity contribution < 1.29 is 0 Å². The molecule has 90 valence electrons. The molecule has 1 N–H and O–H groups in total. The van der Waals surface area contributed by atoms with Gasteiger partial charge in [0.2, 0.25) is 0 Å². The highest BCUT2D eigenvalue weighted by molar-refractivity contribution is 9.10. The summed E-state index contributed by atoms with van der Waals surface area (Å²) >= 11 is 5.35. The standard InChI is InChI=1S/C13H15BrN2S/c1-2-13(6-3-7-15-13)12-16-10-5-4-9(14)8-11(10)17-12/h4-5,8,15H,2-3,6-7H2,1H3. The second kappa shape index (κ2) is 4.34. The molecule has 1 aromatic heterocycles. The summed E-state index contributed by atoms with van der Waals surface area (Å²) in [5.41, 5.74) is 1.26. The van der Waals surface area contributed by atoms with Crippen molar-refractivity contribution in [3.05, 3.63) is 27.7 Å². The van der Waals surface area contributed by atoms with Gasteiger partial charge in [0.25, 0.3) is 0 Å². The predicted molar refractivity (Wildman–Crippen MR) is 76.5 cm³/mol. The van der Waals surface area contributed by atoms with Crippen molar-refractivity contribution in [3.8, 4) is 0 Å². The first-order valence-corrected chi connectivity index (χ1v) is 7.66. The molecule has 2 aromatic rings. The quantitative estimate of drug-likeness (QED) is 0.905. The Kier molecular flexibility index (Phi) is 2.97. The maximum atomic E-state index is 4.81. The molecule has 0 spiro atoms. The molecule has 1 atom stereocenters. The Hall–Kier alpha value is -0.450. The molecule has 4 heteroatoms. The molecule has 0 amide bonds. The fourth-order valence-corrected chi connectivity index (χ4v) is 4.33. The first-order valence-electron chi connectivity index (χ1n) is 6.05. The number of hydrogen-bond acceptors (Lipinski definition) is 3. The van der Waals surface area contributed by atoms with Gasteiger partial charge in [0.05, 0.1) is 15.8 Å². The number of nitrogens with zero attached hydrogens (tertiary/aromatic N) is 1. The second-order valence-corrected chi connectivity index (χ2v) is 6.54. The van der Waals surface area contributed by atoms with Crippen LogP contribution in [0, 0.1) is 0 Å². The van der Waals surface area contributed by atoms with Crippen LogP contribution in [0.1, 0.15) is 31.2 Å².